The van der Waals surface area contributed by atoms with Crippen LogP contribution in [-0.4, -0.2) is 18.7 Å². The van der Waals surface area contributed by atoms with Gasteiger partial charge in [0.05, 0.1) is 0 Å². The average Bonchev–Trinajstić information content (AvgIpc) is 2.25. The molecule has 1 amide bonds. The van der Waals surface area contributed by atoms with Crippen molar-refractivity contribution in [1.29, 1.82) is 0 Å². The highest BCUT2D eigenvalue weighted by Gasteiger charge is 2.02. The second kappa shape index (κ2) is 6.85. The van der Waals surface area contributed by atoms with Crippen molar-refractivity contribution < 1.29 is 9.53 Å². The molecule has 4 nitrogen and oxygen atoms in total. The molecule has 88 valence electrons. The molecule has 0 aromatic heterocycles. The zero-order valence-electron chi connectivity index (χ0n) is 9.48. The Hall–Kier alpha value is -1.55. The normalized spacial score (nSPS) is 11.9. The van der Waals surface area contributed by atoms with E-state index < -0.39 is 6.09 Å². The number of carbonyl (C=O) groups excluding carboxylic acids is 1. The van der Waals surface area contributed by atoms with Crippen LogP contribution in [0.1, 0.15) is 19.8 Å². The van der Waals surface area contributed by atoms with E-state index in [0.717, 1.165) is 12.8 Å². The van der Waals surface area contributed by atoms with Crippen molar-refractivity contribution in [2.45, 2.75) is 25.8 Å². The van der Waals surface area contributed by atoms with Gasteiger partial charge in [-0.1, -0.05) is 18.2 Å². The molecule has 0 bridgehead atoms. The van der Waals surface area contributed by atoms with Crippen LogP contribution in [-0.2, 0) is 0 Å². The molecule has 0 spiro atoms. The lowest BCUT2D eigenvalue weighted by molar-refractivity contribution is 0.200. The monoisotopic (exact) mass is 222 g/mol. The summed E-state index contributed by atoms with van der Waals surface area (Å²) in [5.74, 6) is 0.548. The summed E-state index contributed by atoms with van der Waals surface area (Å²) >= 11 is 0. The SMILES string of the molecule is CC(N)CCCNC(=O)Oc1ccccc1. The average molecular weight is 222 g/mol. The van der Waals surface area contributed by atoms with Crippen LogP contribution in [0.25, 0.3) is 0 Å². The molecule has 0 aliphatic heterocycles. The van der Waals surface area contributed by atoms with Crippen LogP contribution >= 0.6 is 0 Å². The third kappa shape index (κ3) is 5.36. The van der Waals surface area contributed by atoms with Crippen LogP contribution in [0.5, 0.6) is 5.75 Å². The van der Waals surface area contributed by atoms with Crippen LogP contribution in [0, 0.1) is 0 Å². The van der Waals surface area contributed by atoms with Crippen molar-refractivity contribution in [2.75, 3.05) is 6.54 Å². The van der Waals surface area contributed by atoms with E-state index in [2.05, 4.69) is 5.32 Å². The topological polar surface area (TPSA) is 64.3 Å². The summed E-state index contributed by atoms with van der Waals surface area (Å²) in [5, 5.41) is 2.67. The van der Waals surface area contributed by atoms with Crippen LogP contribution in [0.2, 0.25) is 0 Å². The molecular formula is C12H18N2O2. The molecule has 0 fully saturated rings. The lowest BCUT2D eigenvalue weighted by atomic mass is 10.2. The minimum Gasteiger partial charge on any atom is -0.410 e. The first kappa shape index (κ1) is 12.5. The van der Waals surface area contributed by atoms with Gasteiger partial charge in [-0.25, -0.2) is 4.79 Å². The Balaban J connectivity index is 2.17. The molecule has 0 radical (unpaired) electrons. The largest absolute Gasteiger partial charge is 0.412 e. The van der Waals surface area contributed by atoms with E-state index in [1.807, 2.05) is 25.1 Å². The number of carbonyl (C=O) groups is 1. The van der Waals surface area contributed by atoms with Crippen LogP contribution < -0.4 is 15.8 Å². The van der Waals surface area contributed by atoms with E-state index in [9.17, 15) is 4.79 Å². The molecule has 1 aromatic carbocycles. The number of benzene rings is 1. The number of nitrogens with two attached hydrogens (primary N) is 1. The number of rotatable bonds is 5. The van der Waals surface area contributed by atoms with Gasteiger partial charge in [-0.15, -0.1) is 0 Å². The second-order valence-electron chi connectivity index (χ2n) is 3.75. The quantitative estimate of drug-likeness (QED) is 0.748. The van der Waals surface area contributed by atoms with Gasteiger partial charge >= 0.3 is 6.09 Å². The molecule has 1 aromatic rings. The Morgan fingerprint density at radius 1 is 1.44 bits per heavy atom. The van der Waals surface area contributed by atoms with Gasteiger partial charge in [-0.2, -0.15) is 0 Å². The fourth-order valence-electron chi connectivity index (χ4n) is 1.25. The summed E-state index contributed by atoms with van der Waals surface area (Å²) < 4.78 is 5.04. The van der Waals surface area contributed by atoms with Gasteiger partial charge in [-0.05, 0) is 31.9 Å². The summed E-state index contributed by atoms with van der Waals surface area (Å²) in [7, 11) is 0. The van der Waals surface area contributed by atoms with Gasteiger partial charge in [0.25, 0.3) is 0 Å². The second-order valence-corrected chi connectivity index (χ2v) is 3.75. The summed E-state index contributed by atoms with van der Waals surface area (Å²) in [5.41, 5.74) is 5.59. The Kier molecular flexibility index (Phi) is 5.36. The molecule has 0 heterocycles. The Morgan fingerprint density at radius 3 is 2.75 bits per heavy atom. The van der Waals surface area contributed by atoms with E-state index in [1.165, 1.54) is 0 Å². The molecule has 3 N–H and O–H groups in total. The van der Waals surface area contributed by atoms with Gasteiger partial charge in [0.15, 0.2) is 0 Å². The minimum absolute atomic E-state index is 0.173. The standard InChI is InChI=1S/C12H18N2O2/c1-10(13)6-5-9-14-12(15)16-11-7-3-2-4-8-11/h2-4,7-8,10H,5-6,9,13H2,1H3,(H,14,15). The molecule has 4 heteroatoms. The Labute approximate surface area is 95.8 Å². The van der Waals surface area contributed by atoms with Gasteiger partial charge in [0, 0.05) is 12.6 Å². The van der Waals surface area contributed by atoms with Crippen LogP contribution in [0.15, 0.2) is 30.3 Å². The first-order valence-electron chi connectivity index (χ1n) is 5.45. The number of nitrogens with one attached hydrogen (secondary N) is 1. The van der Waals surface area contributed by atoms with Crippen molar-refractivity contribution in [2.24, 2.45) is 5.73 Å². The van der Waals surface area contributed by atoms with E-state index in [-0.39, 0.29) is 6.04 Å². The summed E-state index contributed by atoms with van der Waals surface area (Å²) in [6, 6.07) is 9.15. The van der Waals surface area contributed by atoms with Crippen LogP contribution in [0.4, 0.5) is 4.79 Å². The number of ether oxygens (including phenoxy) is 1. The van der Waals surface area contributed by atoms with Crippen molar-refractivity contribution in [3.05, 3.63) is 30.3 Å². The molecule has 1 rings (SSSR count). The fourth-order valence-corrected chi connectivity index (χ4v) is 1.25. The maximum Gasteiger partial charge on any atom is 0.412 e. The first-order chi connectivity index (χ1) is 7.68. The zero-order valence-corrected chi connectivity index (χ0v) is 9.48. The molecule has 1 unspecified atom stereocenters. The van der Waals surface area contributed by atoms with E-state index >= 15 is 0 Å². The first-order valence-corrected chi connectivity index (χ1v) is 5.45. The molecule has 0 aliphatic rings. The van der Waals surface area contributed by atoms with Crippen molar-refractivity contribution >= 4 is 6.09 Å². The lowest BCUT2D eigenvalue weighted by Crippen LogP contribution is -2.28. The molecular weight excluding hydrogens is 204 g/mol. The van der Waals surface area contributed by atoms with Gasteiger partial charge in [0.2, 0.25) is 0 Å². The highest BCUT2D eigenvalue weighted by Crippen LogP contribution is 2.07. The van der Waals surface area contributed by atoms with Crippen LogP contribution in [0.3, 0.4) is 0 Å². The van der Waals surface area contributed by atoms with Crippen molar-refractivity contribution in [3.63, 3.8) is 0 Å². The smallest absolute Gasteiger partial charge is 0.410 e. The van der Waals surface area contributed by atoms with E-state index in [1.54, 1.807) is 12.1 Å². The van der Waals surface area contributed by atoms with Crippen molar-refractivity contribution in [1.82, 2.24) is 5.32 Å². The Morgan fingerprint density at radius 2 is 2.12 bits per heavy atom. The third-order valence-corrected chi connectivity index (χ3v) is 2.06. The molecule has 0 saturated heterocycles. The number of hydrogen-bond donors (Lipinski definition) is 2. The predicted molar refractivity (Wildman–Crippen MR) is 63.4 cm³/mol. The highest BCUT2D eigenvalue weighted by molar-refractivity contribution is 5.70. The summed E-state index contributed by atoms with van der Waals surface area (Å²) in [6.07, 6.45) is 1.34. The van der Waals surface area contributed by atoms with E-state index in [0.29, 0.717) is 12.3 Å². The number of amides is 1. The minimum atomic E-state index is -0.420. The maximum absolute atomic E-state index is 11.3. The van der Waals surface area contributed by atoms with E-state index in [4.69, 9.17) is 10.5 Å². The summed E-state index contributed by atoms with van der Waals surface area (Å²) in [4.78, 5) is 11.3. The molecule has 0 aliphatic carbocycles. The molecule has 1 atom stereocenters. The highest BCUT2D eigenvalue weighted by atomic mass is 16.5. The summed E-state index contributed by atoms with van der Waals surface area (Å²) in [6.45, 7) is 2.54. The van der Waals surface area contributed by atoms with Crippen molar-refractivity contribution in [3.8, 4) is 5.75 Å². The fraction of sp³-hybridized carbons (Fsp3) is 0.417. The van der Waals surface area contributed by atoms with Gasteiger partial charge in [0.1, 0.15) is 5.75 Å². The zero-order chi connectivity index (χ0) is 11.8. The molecule has 0 saturated carbocycles. The Bertz CT molecular complexity index is 312. The maximum atomic E-state index is 11.3. The van der Waals surface area contributed by atoms with Gasteiger partial charge in [-0.3, -0.25) is 0 Å². The predicted octanol–water partition coefficient (Wildman–Crippen LogP) is 1.90. The lowest BCUT2D eigenvalue weighted by Gasteiger charge is -2.07. The third-order valence-electron chi connectivity index (χ3n) is 2.06. The number of hydrogen-bond acceptors (Lipinski definition) is 3. The number of para-hydroxylation sites is 1. The molecule has 16 heavy (non-hydrogen) atoms. The van der Waals surface area contributed by atoms with Gasteiger partial charge < -0.3 is 15.8 Å².